The van der Waals surface area contributed by atoms with Gasteiger partial charge in [-0.2, -0.15) is 13.2 Å². The van der Waals surface area contributed by atoms with Crippen molar-refractivity contribution in [2.75, 3.05) is 6.54 Å². The number of sulfonamides is 1. The third-order valence-electron chi connectivity index (χ3n) is 4.58. The molecule has 0 unspecified atom stereocenters. The highest BCUT2D eigenvalue weighted by molar-refractivity contribution is 7.89. The Bertz CT molecular complexity index is 795. The lowest BCUT2D eigenvalue weighted by Crippen LogP contribution is -2.41. The first-order chi connectivity index (χ1) is 12.1. The van der Waals surface area contributed by atoms with E-state index in [1.165, 1.54) is 0 Å². The van der Waals surface area contributed by atoms with Crippen molar-refractivity contribution >= 4 is 22.6 Å². The molecule has 1 aliphatic rings. The van der Waals surface area contributed by atoms with Crippen LogP contribution in [0.25, 0.3) is 0 Å². The zero-order valence-corrected chi connectivity index (χ0v) is 15.8. The molecule has 0 amide bonds. The van der Waals surface area contributed by atoms with E-state index in [0.717, 1.165) is 12.1 Å². The lowest BCUT2D eigenvalue weighted by molar-refractivity contribution is -0.137. The Morgan fingerprint density at radius 2 is 1.63 bits per heavy atom. The van der Waals surface area contributed by atoms with Crippen LogP contribution in [0, 0.1) is 0 Å². The summed E-state index contributed by atoms with van der Waals surface area (Å²) in [7, 11) is -5.90. The summed E-state index contributed by atoms with van der Waals surface area (Å²) in [6.07, 6.45) is -7.89. The number of nitrogens with one attached hydrogen (secondary N) is 1. The minimum atomic E-state index is -4.91. The molecule has 1 N–H and O–H groups in total. The lowest BCUT2D eigenvalue weighted by atomic mass is 9.76. The highest BCUT2D eigenvalue weighted by atomic mass is 32.2. The summed E-state index contributed by atoms with van der Waals surface area (Å²) in [6, 6.07) is 2.19. The van der Waals surface area contributed by atoms with Gasteiger partial charge in [0.2, 0.25) is 10.0 Å². The van der Waals surface area contributed by atoms with Crippen LogP contribution < -0.4 is 10.2 Å². The lowest BCUT2D eigenvalue weighted by Gasteiger charge is -2.32. The van der Waals surface area contributed by atoms with Crippen molar-refractivity contribution in [1.82, 2.24) is 4.72 Å². The van der Waals surface area contributed by atoms with Gasteiger partial charge in [0.15, 0.2) is 0 Å². The molecule has 1 heterocycles. The van der Waals surface area contributed by atoms with Crippen molar-refractivity contribution in [3.05, 3.63) is 23.8 Å². The summed E-state index contributed by atoms with van der Waals surface area (Å²) < 4.78 is 102. The minimum absolute atomic E-state index is 0.383. The molecule has 27 heavy (non-hydrogen) atoms. The maximum absolute atomic E-state index is 13.5. The third kappa shape index (κ3) is 4.61. The molecule has 12 heteroatoms. The SMILES string of the molecule is CC1(C)OB(c2ccc(S(=O)(=O)NCC(F)F)cc2C(F)(F)F)OC1(C)C. The summed E-state index contributed by atoms with van der Waals surface area (Å²) >= 11 is 0. The van der Waals surface area contributed by atoms with Gasteiger partial charge < -0.3 is 9.31 Å². The number of hydrogen-bond donors (Lipinski definition) is 1. The maximum atomic E-state index is 13.5. The van der Waals surface area contributed by atoms with Crippen molar-refractivity contribution in [2.45, 2.75) is 56.4 Å². The molecule has 1 aromatic carbocycles. The summed E-state index contributed by atoms with van der Waals surface area (Å²) in [6.45, 7) is 5.43. The van der Waals surface area contributed by atoms with E-state index in [-0.39, 0.29) is 0 Å². The van der Waals surface area contributed by atoms with Crippen molar-refractivity contribution in [3.8, 4) is 0 Å². The molecule has 0 aliphatic carbocycles. The van der Waals surface area contributed by atoms with Crippen LogP contribution in [0.15, 0.2) is 23.1 Å². The van der Waals surface area contributed by atoms with Crippen LogP contribution in [0.1, 0.15) is 33.3 Å². The fourth-order valence-corrected chi connectivity index (χ4v) is 3.41. The molecule has 1 aromatic rings. The molecule has 0 spiro atoms. The van der Waals surface area contributed by atoms with Gasteiger partial charge in [-0.05, 0) is 45.3 Å². The van der Waals surface area contributed by atoms with Gasteiger partial charge in [0, 0.05) is 0 Å². The Morgan fingerprint density at radius 1 is 1.11 bits per heavy atom. The molecular weight excluding hydrogens is 396 g/mol. The summed E-state index contributed by atoms with van der Waals surface area (Å²) in [5.74, 6) is 0. The molecule has 0 aromatic heterocycles. The summed E-state index contributed by atoms with van der Waals surface area (Å²) in [5, 5.41) is 0. The third-order valence-corrected chi connectivity index (χ3v) is 6.00. The number of rotatable bonds is 5. The van der Waals surface area contributed by atoms with Gasteiger partial charge in [0.05, 0.1) is 28.2 Å². The van der Waals surface area contributed by atoms with Gasteiger partial charge in [-0.3, -0.25) is 0 Å². The molecule has 1 saturated heterocycles. The monoisotopic (exact) mass is 415 g/mol. The predicted octanol–water partition coefficient (Wildman–Crippen LogP) is 2.55. The number of benzene rings is 1. The molecular formula is C15H19BF5NO4S. The van der Waals surface area contributed by atoms with E-state index in [1.54, 1.807) is 32.4 Å². The van der Waals surface area contributed by atoms with Crippen LogP contribution in [0.5, 0.6) is 0 Å². The first-order valence-corrected chi connectivity index (χ1v) is 9.40. The minimum Gasteiger partial charge on any atom is -0.399 e. The highest BCUT2D eigenvalue weighted by Crippen LogP contribution is 2.38. The van der Waals surface area contributed by atoms with Gasteiger partial charge in [-0.1, -0.05) is 6.07 Å². The van der Waals surface area contributed by atoms with Crippen molar-refractivity contribution < 1.29 is 39.7 Å². The fourth-order valence-electron chi connectivity index (χ4n) is 2.38. The second-order valence-corrected chi connectivity index (χ2v) is 8.85. The zero-order valence-electron chi connectivity index (χ0n) is 15.0. The Kier molecular flexibility index (Phi) is 5.70. The van der Waals surface area contributed by atoms with Gasteiger partial charge in [-0.25, -0.2) is 21.9 Å². The first-order valence-electron chi connectivity index (χ1n) is 7.91. The maximum Gasteiger partial charge on any atom is 0.495 e. The Morgan fingerprint density at radius 3 is 2.07 bits per heavy atom. The van der Waals surface area contributed by atoms with Gasteiger partial charge in [0.25, 0.3) is 6.43 Å². The summed E-state index contributed by atoms with van der Waals surface area (Å²) in [4.78, 5) is -0.782. The van der Waals surface area contributed by atoms with Crippen molar-refractivity contribution in [2.24, 2.45) is 0 Å². The van der Waals surface area contributed by atoms with E-state index in [1.807, 2.05) is 0 Å². The van der Waals surface area contributed by atoms with E-state index in [4.69, 9.17) is 9.31 Å². The second kappa shape index (κ2) is 6.98. The van der Waals surface area contributed by atoms with E-state index in [9.17, 15) is 30.4 Å². The van der Waals surface area contributed by atoms with Crippen LogP contribution in [0.4, 0.5) is 22.0 Å². The number of halogens is 5. The van der Waals surface area contributed by atoms with Crippen LogP contribution in [0.2, 0.25) is 0 Å². The molecule has 0 saturated carbocycles. The van der Waals surface area contributed by atoms with Gasteiger partial charge in [-0.15, -0.1) is 0 Å². The molecule has 2 rings (SSSR count). The second-order valence-electron chi connectivity index (χ2n) is 7.08. The summed E-state index contributed by atoms with van der Waals surface area (Å²) in [5.41, 5.74) is -3.47. The average molecular weight is 415 g/mol. The van der Waals surface area contributed by atoms with Crippen LogP contribution in [0.3, 0.4) is 0 Å². The topological polar surface area (TPSA) is 64.6 Å². The quantitative estimate of drug-likeness (QED) is 0.593. The fraction of sp³-hybridized carbons (Fsp3) is 0.600. The van der Waals surface area contributed by atoms with E-state index in [0.29, 0.717) is 6.07 Å². The van der Waals surface area contributed by atoms with Crippen molar-refractivity contribution in [1.29, 1.82) is 0 Å². The molecule has 0 bridgehead atoms. The van der Waals surface area contributed by atoms with Crippen LogP contribution in [-0.4, -0.2) is 39.7 Å². The molecule has 1 aliphatic heterocycles. The molecule has 0 atom stereocenters. The zero-order chi connectivity index (χ0) is 20.8. The van der Waals surface area contributed by atoms with E-state index < -0.39 is 63.4 Å². The van der Waals surface area contributed by atoms with E-state index >= 15 is 0 Å². The smallest absolute Gasteiger partial charge is 0.399 e. The van der Waals surface area contributed by atoms with Crippen molar-refractivity contribution in [3.63, 3.8) is 0 Å². The normalized spacial score (nSPS) is 19.7. The molecule has 152 valence electrons. The highest BCUT2D eigenvalue weighted by Gasteiger charge is 2.53. The molecule has 5 nitrogen and oxygen atoms in total. The Balaban J connectivity index is 2.47. The van der Waals surface area contributed by atoms with Crippen LogP contribution in [-0.2, 0) is 25.5 Å². The van der Waals surface area contributed by atoms with Gasteiger partial charge in [0.1, 0.15) is 0 Å². The molecule has 1 fully saturated rings. The average Bonchev–Trinajstić information content (AvgIpc) is 2.72. The van der Waals surface area contributed by atoms with Gasteiger partial charge >= 0.3 is 13.3 Å². The Labute approximate surface area is 154 Å². The number of hydrogen-bond acceptors (Lipinski definition) is 4. The van der Waals surface area contributed by atoms with E-state index in [2.05, 4.69) is 0 Å². The molecule has 0 radical (unpaired) electrons. The Hall–Kier alpha value is -1.24. The first kappa shape index (κ1) is 22.1. The standard InChI is InChI=1S/C15H19BF5NO4S/c1-13(2)14(3,4)26-16(25-13)11-6-5-9(7-10(11)15(19,20)21)27(23,24)22-8-12(17)18/h5-7,12,22H,8H2,1-4H3. The number of alkyl halides is 5. The largest absolute Gasteiger partial charge is 0.495 e. The van der Waals surface area contributed by atoms with Crippen LogP contribution >= 0.6 is 0 Å². The predicted molar refractivity (Wildman–Crippen MR) is 88.4 cm³/mol.